The fourth-order valence-electron chi connectivity index (χ4n) is 2.84. The number of amides is 3. The molecule has 1 fully saturated rings. The summed E-state index contributed by atoms with van der Waals surface area (Å²) in [5.41, 5.74) is 1.57. The summed E-state index contributed by atoms with van der Waals surface area (Å²) in [6, 6.07) is 12.5. The van der Waals surface area contributed by atoms with Crippen molar-refractivity contribution in [3.8, 4) is 5.75 Å². The van der Waals surface area contributed by atoms with Crippen LogP contribution in [0.25, 0.3) is 0 Å². The molecule has 0 unspecified atom stereocenters. The Kier molecular flexibility index (Phi) is 5.36. The van der Waals surface area contributed by atoms with Gasteiger partial charge in [0.05, 0.1) is 13.2 Å². The standard InChI is InChI=1S/C19H20FN3O3/c1-26-17-8-6-16(7-9-17)23-12-15(10-18(23)24)22-19(25)21-11-13-2-4-14(20)5-3-13/h2-9,15H,10-12H2,1H3,(H2,21,22,25)/t15-/m1/s1. The van der Waals surface area contributed by atoms with Gasteiger partial charge < -0.3 is 20.3 Å². The minimum absolute atomic E-state index is 0.0426. The lowest BCUT2D eigenvalue weighted by Gasteiger charge is -2.17. The first-order valence-corrected chi connectivity index (χ1v) is 8.28. The highest BCUT2D eigenvalue weighted by Gasteiger charge is 2.31. The molecular weight excluding hydrogens is 337 g/mol. The molecule has 136 valence electrons. The van der Waals surface area contributed by atoms with Crippen LogP contribution in [0.15, 0.2) is 48.5 Å². The highest BCUT2D eigenvalue weighted by molar-refractivity contribution is 5.96. The van der Waals surface area contributed by atoms with Gasteiger partial charge in [-0.05, 0) is 42.0 Å². The van der Waals surface area contributed by atoms with Crippen molar-refractivity contribution in [1.29, 1.82) is 0 Å². The number of hydrogen-bond donors (Lipinski definition) is 2. The Labute approximate surface area is 150 Å². The van der Waals surface area contributed by atoms with E-state index in [-0.39, 0.29) is 36.8 Å². The minimum atomic E-state index is -0.358. The molecule has 1 aliphatic heterocycles. The van der Waals surface area contributed by atoms with Crippen molar-refractivity contribution in [1.82, 2.24) is 10.6 Å². The zero-order valence-electron chi connectivity index (χ0n) is 14.4. The molecule has 7 heteroatoms. The maximum atomic E-state index is 12.9. The first-order valence-electron chi connectivity index (χ1n) is 8.28. The number of carbonyl (C=O) groups excluding carboxylic acids is 2. The van der Waals surface area contributed by atoms with E-state index in [1.54, 1.807) is 36.3 Å². The second-order valence-electron chi connectivity index (χ2n) is 6.06. The monoisotopic (exact) mass is 357 g/mol. The Balaban J connectivity index is 1.51. The third-order valence-electron chi connectivity index (χ3n) is 4.21. The normalized spacial score (nSPS) is 16.5. The summed E-state index contributed by atoms with van der Waals surface area (Å²) < 4.78 is 18.0. The largest absolute Gasteiger partial charge is 0.497 e. The molecule has 1 atom stereocenters. The highest BCUT2D eigenvalue weighted by Crippen LogP contribution is 2.24. The van der Waals surface area contributed by atoms with E-state index in [4.69, 9.17) is 4.74 Å². The maximum Gasteiger partial charge on any atom is 0.315 e. The molecule has 6 nitrogen and oxygen atoms in total. The summed E-state index contributed by atoms with van der Waals surface area (Å²) in [5, 5.41) is 5.51. The van der Waals surface area contributed by atoms with Crippen molar-refractivity contribution in [2.75, 3.05) is 18.6 Å². The van der Waals surface area contributed by atoms with Gasteiger partial charge in [-0.1, -0.05) is 12.1 Å². The second-order valence-corrected chi connectivity index (χ2v) is 6.06. The van der Waals surface area contributed by atoms with E-state index in [0.29, 0.717) is 6.54 Å². The van der Waals surface area contributed by atoms with E-state index in [1.165, 1.54) is 12.1 Å². The Hall–Kier alpha value is -3.09. The fraction of sp³-hybridized carbons (Fsp3) is 0.263. The molecule has 0 radical (unpaired) electrons. The first kappa shape index (κ1) is 17.7. The molecule has 1 aliphatic rings. The van der Waals surface area contributed by atoms with E-state index in [9.17, 15) is 14.0 Å². The summed E-state index contributed by atoms with van der Waals surface area (Å²) in [4.78, 5) is 25.9. The van der Waals surface area contributed by atoms with Gasteiger partial charge in [0.1, 0.15) is 11.6 Å². The van der Waals surface area contributed by atoms with E-state index in [0.717, 1.165) is 17.0 Å². The molecule has 0 aromatic heterocycles. The summed E-state index contributed by atoms with van der Waals surface area (Å²) in [6.45, 7) is 0.699. The predicted octanol–water partition coefficient (Wildman–Crippen LogP) is 2.44. The summed E-state index contributed by atoms with van der Waals surface area (Å²) in [7, 11) is 1.58. The number of benzene rings is 2. The molecule has 2 aromatic rings. The van der Waals surface area contributed by atoms with Gasteiger partial charge in [0.25, 0.3) is 0 Å². The van der Waals surface area contributed by atoms with Crippen molar-refractivity contribution in [2.24, 2.45) is 0 Å². The van der Waals surface area contributed by atoms with Gasteiger partial charge in [-0.3, -0.25) is 4.79 Å². The Morgan fingerprint density at radius 3 is 2.54 bits per heavy atom. The average Bonchev–Trinajstić information content (AvgIpc) is 3.01. The number of ether oxygens (including phenoxy) is 1. The average molecular weight is 357 g/mol. The quantitative estimate of drug-likeness (QED) is 0.863. The van der Waals surface area contributed by atoms with Gasteiger partial charge in [-0.2, -0.15) is 0 Å². The number of nitrogens with zero attached hydrogens (tertiary/aromatic N) is 1. The Bertz CT molecular complexity index is 778. The van der Waals surface area contributed by atoms with Crippen molar-refractivity contribution in [3.05, 3.63) is 59.9 Å². The number of rotatable bonds is 5. The van der Waals surface area contributed by atoms with Crippen LogP contribution in [0.1, 0.15) is 12.0 Å². The maximum absolute atomic E-state index is 12.9. The zero-order valence-corrected chi connectivity index (χ0v) is 14.4. The Morgan fingerprint density at radius 2 is 1.88 bits per heavy atom. The van der Waals surface area contributed by atoms with Crippen molar-refractivity contribution in [3.63, 3.8) is 0 Å². The number of anilines is 1. The van der Waals surface area contributed by atoms with E-state index in [1.807, 2.05) is 12.1 Å². The summed E-state index contributed by atoms with van der Waals surface area (Å²) in [6.07, 6.45) is 0.246. The zero-order chi connectivity index (χ0) is 18.5. The molecule has 1 saturated heterocycles. The van der Waals surface area contributed by atoms with Crippen LogP contribution in [0.5, 0.6) is 5.75 Å². The molecule has 1 heterocycles. The van der Waals surface area contributed by atoms with Crippen LogP contribution in [0.3, 0.4) is 0 Å². The first-order chi connectivity index (χ1) is 12.5. The molecule has 0 bridgehead atoms. The molecule has 0 saturated carbocycles. The van der Waals surface area contributed by atoms with Crippen molar-refractivity contribution < 1.29 is 18.7 Å². The SMILES string of the molecule is COc1ccc(N2C[C@H](NC(=O)NCc3ccc(F)cc3)CC2=O)cc1. The third-order valence-corrected chi connectivity index (χ3v) is 4.21. The smallest absolute Gasteiger partial charge is 0.315 e. The van der Waals surface area contributed by atoms with Crippen LogP contribution >= 0.6 is 0 Å². The number of carbonyl (C=O) groups is 2. The number of urea groups is 1. The lowest BCUT2D eigenvalue weighted by molar-refractivity contribution is -0.117. The molecule has 2 aromatic carbocycles. The summed E-state index contributed by atoms with van der Waals surface area (Å²) in [5.74, 6) is 0.357. The number of halogens is 1. The van der Waals surface area contributed by atoms with E-state index >= 15 is 0 Å². The van der Waals surface area contributed by atoms with Crippen LogP contribution < -0.4 is 20.3 Å². The minimum Gasteiger partial charge on any atom is -0.497 e. The van der Waals surface area contributed by atoms with Crippen LogP contribution in [-0.2, 0) is 11.3 Å². The molecular formula is C19H20FN3O3. The fourth-order valence-corrected chi connectivity index (χ4v) is 2.84. The lowest BCUT2D eigenvalue weighted by atomic mass is 10.2. The molecule has 0 aliphatic carbocycles. The van der Waals surface area contributed by atoms with Crippen molar-refractivity contribution in [2.45, 2.75) is 19.0 Å². The van der Waals surface area contributed by atoms with Crippen LogP contribution in [-0.4, -0.2) is 31.6 Å². The lowest BCUT2D eigenvalue weighted by Crippen LogP contribution is -2.43. The van der Waals surface area contributed by atoms with Gasteiger partial charge in [-0.25, -0.2) is 9.18 Å². The van der Waals surface area contributed by atoms with Crippen LogP contribution in [0.2, 0.25) is 0 Å². The number of hydrogen-bond acceptors (Lipinski definition) is 3. The van der Waals surface area contributed by atoms with Crippen LogP contribution in [0.4, 0.5) is 14.9 Å². The topological polar surface area (TPSA) is 70.7 Å². The summed E-state index contributed by atoms with van der Waals surface area (Å²) >= 11 is 0. The third kappa shape index (κ3) is 4.30. The van der Waals surface area contributed by atoms with Gasteiger partial charge >= 0.3 is 6.03 Å². The highest BCUT2D eigenvalue weighted by atomic mass is 19.1. The molecule has 3 rings (SSSR count). The van der Waals surface area contributed by atoms with Gasteiger partial charge in [0.2, 0.25) is 5.91 Å². The van der Waals surface area contributed by atoms with Crippen molar-refractivity contribution >= 4 is 17.6 Å². The van der Waals surface area contributed by atoms with Gasteiger partial charge in [0.15, 0.2) is 0 Å². The molecule has 2 N–H and O–H groups in total. The van der Waals surface area contributed by atoms with Crippen LogP contribution in [0, 0.1) is 5.82 Å². The molecule has 3 amide bonds. The molecule has 26 heavy (non-hydrogen) atoms. The second kappa shape index (κ2) is 7.86. The predicted molar refractivity (Wildman–Crippen MR) is 95.5 cm³/mol. The van der Waals surface area contributed by atoms with Gasteiger partial charge in [-0.15, -0.1) is 0 Å². The van der Waals surface area contributed by atoms with E-state index in [2.05, 4.69) is 10.6 Å². The van der Waals surface area contributed by atoms with E-state index < -0.39 is 0 Å². The number of methoxy groups -OCH3 is 1. The number of nitrogens with one attached hydrogen (secondary N) is 2. The van der Waals surface area contributed by atoms with Gasteiger partial charge in [0, 0.05) is 25.2 Å². The molecule has 0 spiro atoms. The Morgan fingerprint density at radius 1 is 1.19 bits per heavy atom.